The number of rotatable bonds is 8. The van der Waals surface area contributed by atoms with Crippen LogP contribution in [0.15, 0.2) is 0 Å². The van der Waals surface area contributed by atoms with Crippen LogP contribution >= 0.6 is 11.8 Å². The van der Waals surface area contributed by atoms with Crippen molar-refractivity contribution in [2.24, 2.45) is 5.92 Å². The Kier molecular flexibility index (Phi) is 8.22. The normalized spacial score (nSPS) is 17.6. The molecule has 23 heavy (non-hydrogen) atoms. The van der Waals surface area contributed by atoms with Gasteiger partial charge in [-0.3, -0.25) is 9.59 Å². The van der Waals surface area contributed by atoms with Crippen molar-refractivity contribution in [3.05, 3.63) is 0 Å². The highest BCUT2D eigenvalue weighted by Crippen LogP contribution is 2.32. The molecule has 1 fully saturated rings. The molecule has 0 aromatic carbocycles. The van der Waals surface area contributed by atoms with Crippen LogP contribution in [-0.4, -0.2) is 46.5 Å². The number of alkyl carbamates (subject to hydrolysis) is 1. The Morgan fingerprint density at radius 2 is 1.83 bits per heavy atom. The summed E-state index contributed by atoms with van der Waals surface area (Å²) < 4.78 is 9.93. The van der Waals surface area contributed by atoms with Crippen molar-refractivity contribution in [2.45, 2.75) is 63.2 Å². The molecule has 0 heterocycles. The van der Waals surface area contributed by atoms with E-state index in [2.05, 4.69) is 5.32 Å². The van der Waals surface area contributed by atoms with Gasteiger partial charge in [0.05, 0.1) is 0 Å². The van der Waals surface area contributed by atoms with Crippen molar-refractivity contribution >= 4 is 29.8 Å². The number of carboxylic acids is 1. The van der Waals surface area contributed by atoms with Gasteiger partial charge >= 0.3 is 18.0 Å². The number of carbonyl (C=O) groups excluding carboxylic acids is 2. The van der Waals surface area contributed by atoms with Crippen molar-refractivity contribution in [3.63, 3.8) is 0 Å². The van der Waals surface area contributed by atoms with Crippen LogP contribution < -0.4 is 5.32 Å². The van der Waals surface area contributed by atoms with Crippen molar-refractivity contribution in [2.75, 3.05) is 6.54 Å². The maximum atomic E-state index is 11.8. The summed E-state index contributed by atoms with van der Waals surface area (Å²) in [6, 6.07) is 0. The van der Waals surface area contributed by atoms with Crippen molar-refractivity contribution in [3.8, 4) is 0 Å². The largest absolute Gasteiger partial charge is 0.480 e. The van der Waals surface area contributed by atoms with Gasteiger partial charge in [0.1, 0.15) is 5.25 Å². The molecule has 1 rings (SSSR count). The molecular formula is C15H25NO6S. The Bertz CT molecular complexity index is 422. The number of esters is 1. The number of amides is 1. The molecule has 0 spiro atoms. The molecule has 1 amide bonds. The monoisotopic (exact) mass is 347 g/mol. The molecule has 8 heteroatoms. The zero-order chi connectivity index (χ0) is 17.4. The van der Waals surface area contributed by atoms with Crippen LogP contribution in [0.25, 0.3) is 0 Å². The summed E-state index contributed by atoms with van der Waals surface area (Å²) in [7, 11) is 0. The van der Waals surface area contributed by atoms with Crippen molar-refractivity contribution < 1.29 is 29.0 Å². The number of carbonyl (C=O) groups is 3. The number of aliphatic carboxylic acids is 1. The summed E-state index contributed by atoms with van der Waals surface area (Å²) in [6.07, 6.45) is 2.50. The van der Waals surface area contributed by atoms with Gasteiger partial charge in [-0.2, -0.15) is 0 Å². The van der Waals surface area contributed by atoms with E-state index in [0.29, 0.717) is 5.25 Å². The van der Waals surface area contributed by atoms with Crippen LogP contribution in [0.3, 0.4) is 0 Å². The number of hydrogen-bond donors (Lipinski definition) is 2. The van der Waals surface area contributed by atoms with E-state index in [1.54, 1.807) is 13.8 Å². The van der Waals surface area contributed by atoms with Gasteiger partial charge in [0.25, 0.3) is 6.29 Å². The van der Waals surface area contributed by atoms with E-state index in [4.69, 9.17) is 9.47 Å². The van der Waals surface area contributed by atoms with E-state index in [0.717, 1.165) is 25.7 Å². The Morgan fingerprint density at radius 3 is 2.30 bits per heavy atom. The molecule has 0 radical (unpaired) electrons. The first-order chi connectivity index (χ1) is 10.8. The molecule has 0 aromatic heterocycles. The third kappa shape index (κ3) is 7.58. The second kappa shape index (κ2) is 9.64. The lowest BCUT2D eigenvalue weighted by atomic mass is 10.2. The maximum absolute atomic E-state index is 11.8. The summed E-state index contributed by atoms with van der Waals surface area (Å²) in [6.45, 7) is 4.70. The van der Waals surface area contributed by atoms with Gasteiger partial charge in [-0.15, -0.1) is 11.8 Å². The highest BCUT2D eigenvalue weighted by molar-refractivity contribution is 8.01. The molecule has 132 valence electrons. The van der Waals surface area contributed by atoms with Crippen molar-refractivity contribution in [1.29, 1.82) is 0 Å². The fourth-order valence-electron chi connectivity index (χ4n) is 2.23. The molecule has 7 nitrogen and oxygen atoms in total. The predicted octanol–water partition coefficient (Wildman–Crippen LogP) is 2.39. The van der Waals surface area contributed by atoms with E-state index < -0.39 is 29.6 Å². The zero-order valence-electron chi connectivity index (χ0n) is 13.7. The van der Waals surface area contributed by atoms with Crippen molar-refractivity contribution in [1.82, 2.24) is 5.32 Å². The average Bonchev–Trinajstić information content (AvgIpc) is 2.94. The predicted molar refractivity (Wildman–Crippen MR) is 86.1 cm³/mol. The standard InChI is InChI=1S/C15H25NO6S/c1-9(2)14(21-10(3)17)22-15(20)16-8-12(13(18)19)23-11-6-4-5-7-11/h9,11-12,14H,4-8H2,1-3H3,(H,16,20)(H,18,19)/t12-,14-/m0/s1. The second-order valence-corrected chi connectivity index (χ2v) is 7.39. The zero-order valence-corrected chi connectivity index (χ0v) is 14.6. The number of hydrogen-bond acceptors (Lipinski definition) is 6. The minimum atomic E-state index is -0.988. The molecule has 1 saturated carbocycles. The van der Waals surface area contributed by atoms with Gasteiger partial charge in [0.2, 0.25) is 0 Å². The van der Waals surface area contributed by atoms with E-state index in [-0.39, 0.29) is 12.5 Å². The minimum Gasteiger partial charge on any atom is -0.480 e. The fourth-order valence-corrected chi connectivity index (χ4v) is 3.60. The van der Waals surface area contributed by atoms with Gasteiger partial charge in [-0.25, -0.2) is 4.79 Å². The van der Waals surface area contributed by atoms with Gasteiger partial charge in [0.15, 0.2) is 0 Å². The smallest absolute Gasteiger partial charge is 0.410 e. The number of carboxylic acid groups (broad SMARTS) is 1. The summed E-state index contributed by atoms with van der Waals surface area (Å²) in [5.74, 6) is -1.70. The quantitative estimate of drug-likeness (QED) is 0.513. The van der Waals surface area contributed by atoms with Gasteiger partial charge in [-0.05, 0) is 12.8 Å². The Hall–Kier alpha value is -1.44. The number of ether oxygens (including phenoxy) is 2. The van der Waals surface area contributed by atoms with Crippen LogP contribution in [0.4, 0.5) is 4.79 Å². The molecule has 0 saturated heterocycles. The maximum Gasteiger partial charge on any atom is 0.410 e. The van der Waals surface area contributed by atoms with Gasteiger partial charge in [0, 0.05) is 24.6 Å². The third-order valence-electron chi connectivity index (χ3n) is 3.42. The summed E-state index contributed by atoms with van der Waals surface area (Å²) in [5, 5.41) is 11.3. The molecule has 1 aliphatic rings. The number of nitrogens with one attached hydrogen (secondary N) is 1. The first-order valence-electron chi connectivity index (χ1n) is 7.79. The average molecular weight is 347 g/mol. The van der Waals surface area contributed by atoms with Gasteiger partial charge in [-0.1, -0.05) is 26.7 Å². The molecule has 0 aliphatic heterocycles. The van der Waals surface area contributed by atoms with Crippen LogP contribution in [0.2, 0.25) is 0 Å². The highest BCUT2D eigenvalue weighted by Gasteiger charge is 2.27. The molecule has 0 aromatic rings. The van der Waals surface area contributed by atoms with Gasteiger partial charge < -0.3 is 19.9 Å². The fraction of sp³-hybridized carbons (Fsp3) is 0.800. The number of thioether (sulfide) groups is 1. The highest BCUT2D eigenvalue weighted by atomic mass is 32.2. The van der Waals surface area contributed by atoms with E-state index in [1.807, 2.05) is 0 Å². The van der Waals surface area contributed by atoms with E-state index in [9.17, 15) is 19.5 Å². The minimum absolute atomic E-state index is 0.0276. The Labute approximate surface area is 140 Å². The Balaban J connectivity index is 2.44. The molecule has 0 bridgehead atoms. The van der Waals surface area contributed by atoms with Crippen LogP contribution in [0.1, 0.15) is 46.5 Å². The molecule has 2 atom stereocenters. The van der Waals surface area contributed by atoms with Crippen LogP contribution in [0, 0.1) is 5.92 Å². The first-order valence-corrected chi connectivity index (χ1v) is 8.73. The van der Waals surface area contributed by atoms with E-state index >= 15 is 0 Å². The summed E-state index contributed by atoms with van der Waals surface area (Å²) in [5.41, 5.74) is 0. The molecule has 1 aliphatic carbocycles. The molecule has 2 N–H and O–H groups in total. The SMILES string of the molecule is CC(=O)O[C@@H](OC(=O)NC[C@H](SC1CCCC1)C(=O)O)C(C)C. The topological polar surface area (TPSA) is 102 Å². The van der Waals surface area contributed by atoms with E-state index in [1.165, 1.54) is 18.7 Å². The Morgan fingerprint density at radius 1 is 1.22 bits per heavy atom. The molecule has 0 unspecified atom stereocenters. The summed E-state index contributed by atoms with van der Waals surface area (Å²) >= 11 is 1.38. The molecular weight excluding hydrogens is 322 g/mol. The summed E-state index contributed by atoms with van der Waals surface area (Å²) in [4.78, 5) is 34.0. The first kappa shape index (κ1) is 19.6. The second-order valence-electron chi connectivity index (χ2n) is 5.88. The van der Waals surface area contributed by atoms with Crippen LogP contribution in [-0.2, 0) is 19.1 Å². The lowest BCUT2D eigenvalue weighted by Gasteiger charge is -2.22. The lowest BCUT2D eigenvalue weighted by Crippen LogP contribution is -2.39. The third-order valence-corrected chi connectivity index (χ3v) is 4.97. The van der Waals surface area contributed by atoms with Crippen LogP contribution in [0.5, 0.6) is 0 Å². The lowest BCUT2D eigenvalue weighted by molar-refractivity contribution is -0.172.